The highest BCUT2D eigenvalue weighted by atomic mass is 16.2. The maximum Gasteiger partial charge on any atom is 0.317 e. The predicted molar refractivity (Wildman–Crippen MR) is 43.7 cm³/mol. The molecule has 0 aliphatic carbocycles. The highest BCUT2D eigenvalue weighted by Gasteiger charge is 2.18. The van der Waals surface area contributed by atoms with Crippen LogP contribution in [0.15, 0.2) is 0 Å². The number of urea groups is 1. The second-order valence-electron chi connectivity index (χ2n) is 2.80. The van der Waals surface area contributed by atoms with Crippen molar-refractivity contribution in [1.29, 1.82) is 0 Å². The SMILES string of the molecule is CN(C=O)CCN1CCNC1=O. The normalized spacial score (nSPS) is 16.1. The van der Waals surface area contributed by atoms with Crippen LogP contribution in [0, 0.1) is 0 Å². The summed E-state index contributed by atoms with van der Waals surface area (Å²) in [5.41, 5.74) is 0. The summed E-state index contributed by atoms with van der Waals surface area (Å²) in [5, 5.41) is 2.69. The van der Waals surface area contributed by atoms with Crippen molar-refractivity contribution in [3.8, 4) is 0 Å². The Kier molecular flexibility index (Phi) is 2.90. The van der Waals surface area contributed by atoms with E-state index in [-0.39, 0.29) is 6.03 Å². The van der Waals surface area contributed by atoms with Crippen LogP contribution in [0.3, 0.4) is 0 Å². The lowest BCUT2D eigenvalue weighted by Crippen LogP contribution is -2.35. The molecule has 0 aromatic carbocycles. The molecule has 5 nitrogen and oxygen atoms in total. The van der Waals surface area contributed by atoms with Gasteiger partial charge >= 0.3 is 6.03 Å². The largest absolute Gasteiger partial charge is 0.347 e. The van der Waals surface area contributed by atoms with Crippen LogP contribution in [0.5, 0.6) is 0 Å². The Morgan fingerprint density at radius 3 is 3.00 bits per heavy atom. The molecule has 1 aliphatic heterocycles. The van der Waals surface area contributed by atoms with Crippen molar-refractivity contribution in [2.24, 2.45) is 0 Å². The van der Waals surface area contributed by atoms with Gasteiger partial charge < -0.3 is 15.1 Å². The molecule has 0 bridgehead atoms. The van der Waals surface area contributed by atoms with Gasteiger partial charge in [-0.15, -0.1) is 0 Å². The van der Waals surface area contributed by atoms with Crippen LogP contribution in [0.1, 0.15) is 0 Å². The van der Waals surface area contributed by atoms with E-state index in [1.807, 2.05) is 0 Å². The lowest BCUT2D eigenvalue weighted by molar-refractivity contribution is -0.117. The number of hydrogen-bond donors (Lipinski definition) is 1. The summed E-state index contributed by atoms with van der Waals surface area (Å²) >= 11 is 0. The number of hydrogen-bond acceptors (Lipinski definition) is 2. The third kappa shape index (κ3) is 2.11. The van der Waals surface area contributed by atoms with Crippen molar-refractivity contribution in [1.82, 2.24) is 15.1 Å². The Balaban J connectivity index is 2.22. The molecule has 0 unspecified atom stereocenters. The van der Waals surface area contributed by atoms with Crippen molar-refractivity contribution in [3.05, 3.63) is 0 Å². The minimum atomic E-state index is -0.0331. The zero-order valence-electron chi connectivity index (χ0n) is 7.12. The van der Waals surface area contributed by atoms with Crippen molar-refractivity contribution >= 4 is 12.4 Å². The average molecular weight is 171 g/mol. The van der Waals surface area contributed by atoms with Gasteiger partial charge in [0.25, 0.3) is 0 Å². The monoisotopic (exact) mass is 171 g/mol. The maximum absolute atomic E-state index is 11.0. The molecule has 1 heterocycles. The van der Waals surface area contributed by atoms with Gasteiger partial charge in [-0.25, -0.2) is 4.79 Å². The fraction of sp³-hybridized carbons (Fsp3) is 0.714. The van der Waals surface area contributed by atoms with Gasteiger partial charge in [-0.05, 0) is 0 Å². The van der Waals surface area contributed by atoms with Gasteiger partial charge in [-0.1, -0.05) is 0 Å². The molecule has 0 spiro atoms. The summed E-state index contributed by atoms with van der Waals surface area (Å²) in [6.45, 7) is 2.66. The summed E-state index contributed by atoms with van der Waals surface area (Å²) in [6.07, 6.45) is 0.758. The van der Waals surface area contributed by atoms with E-state index in [1.165, 1.54) is 4.90 Å². The lowest BCUT2D eigenvalue weighted by atomic mass is 10.5. The van der Waals surface area contributed by atoms with Crippen LogP contribution in [0.2, 0.25) is 0 Å². The van der Waals surface area contributed by atoms with E-state index in [1.54, 1.807) is 11.9 Å². The molecular weight excluding hydrogens is 158 g/mol. The molecule has 12 heavy (non-hydrogen) atoms. The molecule has 68 valence electrons. The van der Waals surface area contributed by atoms with Crippen LogP contribution >= 0.6 is 0 Å². The average Bonchev–Trinajstić information content (AvgIpc) is 2.47. The zero-order chi connectivity index (χ0) is 8.97. The van der Waals surface area contributed by atoms with Gasteiger partial charge in [0.1, 0.15) is 0 Å². The number of nitrogens with zero attached hydrogens (tertiary/aromatic N) is 2. The summed E-state index contributed by atoms with van der Waals surface area (Å²) in [6, 6.07) is -0.0331. The minimum absolute atomic E-state index is 0.0331. The fourth-order valence-corrected chi connectivity index (χ4v) is 1.06. The molecule has 3 amide bonds. The van der Waals surface area contributed by atoms with Crippen molar-refractivity contribution in [2.75, 3.05) is 33.2 Å². The van der Waals surface area contributed by atoms with E-state index < -0.39 is 0 Å². The van der Waals surface area contributed by atoms with Gasteiger partial charge in [-0.2, -0.15) is 0 Å². The number of amides is 3. The molecule has 0 aromatic heterocycles. The molecule has 0 radical (unpaired) electrons. The van der Waals surface area contributed by atoms with Crippen molar-refractivity contribution < 1.29 is 9.59 Å². The summed E-state index contributed by atoms with van der Waals surface area (Å²) in [5.74, 6) is 0. The van der Waals surface area contributed by atoms with Gasteiger partial charge in [0.15, 0.2) is 0 Å². The third-order valence-corrected chi connectivity index (χ3v) is 1.85. The minimum Gasteiger partial charge on any atom is -0.347 e. The van der Waals surface area contributed by atoms with Gasteiger partial charge in [0, 0.05) is 33.2 Å². The third-order valence-electron chi connectivity index (χ3n) is 1.85. The molecule has 1 N–H and O–H groups in total. The first-order valence-electron chi connectivity index (χ1n) is 3.92. The number of carbonyl (C=O) groups is 2. The summed E-state index contributed by atoms with van der Waals surface area (Å²) < 4.78 is 0. The molecule has 1 saturated heterocycles. The molecule has 0 atom stereocenters. The second kappa shape index (κ2) is 3.94. The van der Waals surface area contributed by atoms with Crippen molar-refractivity contribution in [2.45, 2.75) is 0 Å². The lowest BCUT2D eigenvalue weighted by Gasteiger charge is -2.17. The van der Waals surface area contributed by atoms with Crippen LogP contribution in [-0.2, 0) is 4.79 Å². The Bertz CT molecular complexity index is 183. The van der Waals surface area contributed by atoms with E-state index in [4.69, 9.17) is 0 Å². The first-order chi connectivity index (χ1) is 5.74. The molecule has 1 aliphatic rings. The Labute approximate surface area is 71.3 Å². The maximum atomic E-state index is 11.0. The number of nitrogens with one attached hydrogen (secondary N) is 1. The summed E-state index contributed by atoms with van der Waals surface area (Å²) in [4.78, 5) is 24.4. The van der Waals surface area contributed by atoms with Crippen LogP contribution in [0.4, 0.5) is 4.79 Å². The summed E-state index contributed by atoms with van der Waals surface area (Å²) in [7, 11) is 1.70. The van der Waals surface area contributed by atoms with E-state index in [0.29, 0.717) is 19.6 Å². The highest BCUT2D eigenvalue weighted by molar-refractivity contribution is 5.76. The van der Waals surface area contributed by atoms with Crippen LogP contribution in [-0.4, -0.2) is 55.5 Å². The molecular formula is C7H13N3O2. The Morgan fingerprint density at radius 1 is 1.75 bits per heavy atom. The molecule has 0 aromatic rings. The van der Waals surface area contributed by atoms with Gasteiger partial charge in [-0.3, -0.25) is 4.79 Å². The topological polar surface area (TPSA) is 52.7 Å². The van der Waals surface area contributed by atoms with E-state index in [2.05, 4.69) is 5.32 Å². The van der Waals surface area contributed by atoms with Crippen molar-refractivity contribution in [3.63, 3.8) is 0 Å². The Morgan fingerprint density at radius 2 is 2.50 bits per heavy atom. The molecule has 0 saturated carbocycles. The Hall–Kier alpha value is -1.26. The second-order valence-corrected chi connectivity index (χ2v) is 2.80. The first kappa shape index (κ1) is 8.83. The smallest absolute Gasteiger partial charge is 0.317 e. The van der Waals surface area contributed by atoms with Gasteiger partial charge in [0.05, 0.1) is 0 Å². The number of carbonyl (C=O) groups excluding carboxylic acids is 2. The van der Waals surface area contributed by atoms with E-state index in [0.717, 1.165) is 13.0 Å². The first-order valence-corrected chi connectivity index (χ1v) is 3.92. The molecule has 1 fully saturated rings. The standard InChI is InChI=1S/C7H13N3O2/c1-9(6-11)4-5-10-3-2-8-7(10)12/h6H,2-5H2,1H3,(H,8,12). The number of likely N-dealkylation sites (N-methyl/N-ethyl adjacent to an activating group) is 1. The highest BCUT2D eigenvalue weighted by Crippen LogP contribution is 1.95. The quantitative estimate of drug-likeness (QED) is 0.557. The van der Waals surface area contributed by atoms with Gasteiger partial charge in [0.2, 0.25) is 6.41 Å². The van der Waals surface area contributed by atoms with E-state index >= 15 is 0 Å². The fourth-order valence-electron chi connectivity index (χ4n) is 1.06. The van der Waals surface area contributed by atoms with E-state index in [9.17, 15) is 9.59 Å². The molecule has 5 heteroatoms. The zero-order valence-corrected chi connectivity index (χ0v) is 7.12. The van der Waals surface area contributed by atoms with Crippen LogP contribution < -0.4 is 5.32 Å². The number of rotatable bonds is 4. The molecule has 1 rings (SSSR count). The van der Waals surface area contributed by atoms with Crippen LogP contribution in [0.25, 0.3) is 0 Å². The predicted octanol–water partition coefficient (Wildman–Crippen LogP) is -0.900.